The van der Waals surface area contributed by atoms with Crippen LogP contribution < -0.4 is 0 Å². The van der Waals surface area contributed by atoms with Gasteiger partial charge in [0.15, 0.2) is 0 Å². The number of ether oxygens (including phenoxy) is 1. The van der Waals surface area contributed by atoms with E-state index in [2.05, 4.69) is 0 Å². The van der Waals surface area contributed by atoms with Gasteiger partial charge in [-0.25, -0.2) is 9.59 Å². The van der Waals surface area contributed by atoms with E-state index in [4.69, 9.17) is 9.84 Å². The summed E-state index contributed by atoms with van der Waals surface area (Å²) >= 11 is 0. The number of esters is 1. The largest absolute Gasteiger partial charge is 0.473 e. The monoisotopic (exact) mass is 270 g/mol. The van der Waals surface area contributed by atoms with Crippen molar-refractivity contribution in [3.8, 4) is 0 Å². The Labute approximate surface area is 116 Å². The van der Waals surface area contributed by atoms with E-state index in [1.54, 1.807) is 0 Å². The van der Waals surface area contributed by atoms with Crippen LogP contribution in [0.5, 0.6) is 0 Å². The van der Waals surface area contributed by atoms with Crippen molar-refractivity contribution in [2.24, 2.45) is 0 Å². The summed E-state index contributed by atoms with van der Waals surface area (Å²) in [6.07, 6.45) is 0. The first kappa shape index (κ1) is 13.8. The van der Waals surface area contributed by atoms with Crippen molar-refractivity contribution in [2.75, 3.05) is 6.61 Å². The predicted octanol–water partition coefficient (Wildman–Crippen LogP) is 2.45. The standard InChI is InChI=1S/C16H14O4/c17-15(18)16(19)20-11-14(12-7-3-1-4-8-12)13-9-5-2-6-10-13/h1-10,14H,11H2,(H,17,18). The average Bonchev–Trinajstić information content (AvgIpc) is 2.49. The first-order valence-corrected chi connectivity index (χ1v) is 6.18. The Hall–Kier alpha value is -2.62. The van der Waals surface area contributed by atoms with Crippen LogP contribution in [0.25, 0.3) is 0 Å². The molecule has 2 aromatic rings. The lowest BCUT2D eigenvalue weighted by Crippen LogP contribution is -2.20. The van der Waals surface area contributed by atoms with E-state index < -0.39 is 11.9 Å². The fourth-order valence-electron chi connectivity index (χ4n) is 1.98. The normalized spacial score (nSPS) is 10.2. The summed E-state index contributed by atoms with van der Waals surface area (Å²) < 4.78 is 4.84. The van der Waals surface area contributed by atoms with Crippen LogP contribution in [0.15, 0.2) is 60.7 Å². The summed E-state index contributed by atoms with van der Waals surface area (Å²) in [6, 6.07) is 19.1. The second-order valence-corrected chi connectivity index (χ2v) is 4.28. The van der Waals surface area contributed by atoms with E-state index >= 15 is 0 Å². The van der Waals surface area contributed by atoms with Gasteiger partial charge in [-0.1, -0.05) is 60.7 Å². The molecule has 0 saturated heterocycles. The number of carbonyl (C=O) groups is 2. The molecule has 0 aliphatic heterocycles. The second-order valence-electron chi connectivity index (χ2n) is 4.28. The number of carbonyl (C=O) groups excluding carboxylic acids is 1. The molecule has 4 nitrogen and oxygen atoms in total. The zero-order valence-corrected chi connectivity index (χ0v) is 10.7. The highest BCUT2D eigenvalue weighted by Crippen LogP contribution is 2.24. The lowest BCUT2D eigenvalue weighted by molar-refractivity contribution is -0.164. The van der Waals surface area contributed by atoms with E-state index in [1.807, 2.05) is 60.7 Å². The van der Waals surface area contributed by atoms with E-state index in [1.165, 1.54) is 0 Å². The Kier molecular flexibility index (Phi) is 4.50. The second kappa shape index (κ2) is 6.52. The first-order valence-electron chi connectivity index (χ1n) is 6.18. The van der Waals surface area contributed by atoms with Crippen LogP contribution in [0, 0.1) is 0 Å². The highest BCUT2D eigenvalue weighted by molar-refractivity contribution is 6.28. The zero-order valence-electron chi connectivity index (χ0n) is 10.7. The van der Waals surface area contributed by atoms with Crippen molar-refractivity contribution in [3.63, 3.8) is 0 Å². The molecule has 0 spiro atoms. The van der Waals surface area contributed by atoms with Crippen LogP contribution >= 0.6 is 0 Å². The number of carboxylic acid groups (broad SMARTS) is 1. The van der Waals surface area contributed by atoms with Gasteiger partial charge >= 0.3 is 11.9 Å². The minimum atomic E-state index is -1.58. The molecule has 0 aliphatic rings. The Morgan fingerprint density at radius 2 is 1.35 bits per heavy atom. The molecule has 1 N–H and O–H groups in total. The number of aliphatic carboxylic acids is 1. The van der Waals surface area contributed by atoms with Crippen LogP contribution in [0.2, 0.25) is 0 Å². The van der Waals surface area contributed by atoms with Crippen molar-refractivity contribution in [1.82, 2.24) is 0 Å². The lowest BCUT2D eigenvalue weighted by Gasteiger charge is -2.17. The van der Waals surface area contributed by atoms with Gasteiger partial charge < -0.3 is 9.84 Å². The minimum Gasteiger partial charge on any atom is -0.473 e. The molecule has 102 valence electrons. The third kappa shape index (κ3) is 3.45. The van der Waals surface area contributed by atoms with Crippen molar-refractivity contribution in [1.29, 1.82) is 0 Å². The fraction of sp³-hybridized carbons (Fsp3) is 0.125. The number of carboxylic acids is 1. The third-order valence-electron chi connectivity index (χ3n) is 2.96. The summed E-state index contributed by atoms with van der Waals surface area (Å²) in [5.41, 5.74) is 1.94. The summed E-state index contributed by atoms with van der Waals surface area (Å²) in [6.45, 7) is -0.000833. The molecule has 0 unspecified atom stereocenters. The fourth-order valence-corrected chi connectivity index (χ4v) is 1.98. The molecule has 20 heavy (non-hydrogen) atoms. The summed E-state index contributed by atoms with van der Waals surface area (Å²) in [5.74, 6) is -2.99. The maximum atomic E-state index is 11.1. The van der Waals surface area contributed by atoms with Gasteiger partial charge in [-0.05, 0) is 11.1 Å². The Morgan fingerprint density at radius 1 is 0.900 bits per heavy atom. The van der Waals surface area contributed by atoms with Gasteiger partial charge in [0.25, 0.3) is 0 Å². The van der Waals surface area contributed by atoms with Crippen molar-refractivity contribution in [2.45, 2.75) is 5.92 Å². The van der Waals surface area contributed by atoms with Gasteiger partial charge in [-0.15, -0.1) is 0 Å². The topological polar surface area (TPSA) is 63.6 Å². The number of benzene rings is 2. The number of hydrogen-bond donors (Lipinski definition) is 1. The zero-order chi connectivity index (χ0) is 14.4. The summed E-state index contributed by atoms with van der Waals surface area (Å²) in [5, 5.41) is 8.56. The number of rotatable bonds is 4. The Balaban J connectivity index is 2.22. The van der Waals surface area contributed by atoms with Crippen molar-refractivity contribution < 1.29 is 19.4 Å². The number of hydrogen-bond acceptors (Lipinski definition) is 3. The van der Waals surface area contributed by atoms with Gasteiger partial charge in [0, 0.05) is 5.92 Å². The van der Waals surface area contributed by atoms with Crippen LogP contribution in [0.4, 0.5) is 0 Å². The van der Waals surface area contributed by atoms with Gasteiger partial charge in [0.2, 0.25) is 0 Å². The highest BCUT2D eigenvalue weighted by Gasteiger charge is 2.19. The van der Waals surface area contributed by atoms with Crippen molar-refractivity contribution in [3.05, 3.63) is 71.8 Å². The van der Waals surface area contributed by atoms with E-state index in [9.17, 15) is 9.59 Å². The molecule has 2 rings (SSSR count). The van der Waals surface area contributed by atoms with Gasteiger partial charge in [0.05, 0.1) is 0 Å². The molecule has 0 bridgehead atoms. The molecule has 2 aromatic carbocycles. The van der Waals surface area contributed by atoms with Crippen LogP contribution in [-0.2, 0) is 14.3 Å². The molecule has 0 heterocycles. The molecular weight excluding hydrogens is 256 g/mol. The Morgan fingerprint density at radius 3 is 1.75 bits per heavy atom. The maximum absolute atomic E-state index is 11.1. The highest BCUT2D eigenvalue weighted by atomic mass is 16.6. The minimum absolute atomic E-state index is 0.000833. The van der Waals surface area contributed by atoms with E-state index in [0.29, 0.717) is 0 Å². The van der Waals surface area contributed by atoms with E-state index in [0.717, 1.165) is 11.1 Å². The van der Waals surface area contributed by atoms with Gasteiger partial charge in [0.1, 0.15) is 6.61 Å². The summed E-state index contributed by atoms with van der Waals surface area (Å²) in [7, 11) is 0. The predicted molar refractivity (Wildman–Crippen MR) is 73.3 cm³/mol. The lowest BCUT2D eigenvalue weighted by atomic mass is 9.92. The van der Waals surface area contributed by atoms with Gasteiger partial charge in [-0.2, -0.15) is 0 Å². The third-order valence-corrected chi connectivity index (χ3v) is 2.96. The Bertz CT molecular complexity index is 538. The maximum Gasteiger partial charge on any atom is 0.417 e. The molecular formula is C16H14O4. The molecule has 4 heteroatoms. The average molecular weight is 270 g/mol. The molecule has 0 amide bonds. The molecule has 0 radical (unpaired) electrons. The molecule has 0 atom stereocenters. The van der Waals surface area contributed by atoms with Crippen LogP contribution in [0.1, 0.15) is 17.0 Å². The quantitative estimate of drug-likeness (QED) is 0.684. The summed E-state index contributed by atoms with van der Waals surface area (Å²) in [4.78, 5) is 21.6. The molecule has 0 saturated carbocycles. The molecule has 0 fully saturated rings. The van der Waals surface area contributed by atoms with Crippen LogP contribution in [-0.4, -0.2) is 23.7 Å². The van der Waals surface area contributed by atoms with Crippen LogP contribution in [0.3, 0.4) is 0 Å². The molecule has 0 aromatic heterocycles. The molecule has 0 aliphatic carbocycles. The SMILES string of the molecule is O=C(O)C(=O)OCC(c1ccccc1)c1ccccc1. The van der Waals surface area contributed by atoms with Crippen molar-refractivity contribution >= 4 is 11.9 Å². The smallest absolute Gasteiger partial charge is 0.417 e. The first-order chi connectivity index (χ1) is 9.68. The van der Waals surface area contributed by atoms with E-state index in [-0.39, 0.29) is 12.5 Å². The van der Waals surface area contributed by atoms with Gasteiger partial charge in [-0.3, -0.25) is 0 Å².